The minimum atomic E-state index is -1.18. The van der Waals surface area contributed by atoms with Crippen LogP contribution in [-0.2, 0) is 23.9 Å². The first-order chi connectivity index (χ1) is 9.63. The van der Waals surface area contributed by atoms with E-state index >= 15 is 0 Å². The summed E-state index contributed by atoms with van der Waals surface area (Å²) in [5.74, 6) is -2.64. The Kier molecular flexibility index (Phi) is 8.44. The standard InChI is InChI=1S/C12H19NO7S/c1-6(2)11(17)19-8(4)20-12(18)21-7(3)10(16)13-5-9(14)15/h6-8H,5H2,1-4H3,(H,13,16)(H,14,15)/t7?,8-/m1/s1. The summed E-state index contributed by atoms with van der Waals surface area (Å²) < 4.78 is 9.63. The van der Waals surface area contributed by atoms with Crippen LogP contribution in [0, 0.1) is 5.92 Å². The molecule has 21 heavy (non-hydrogen) atoms. The highest BCUT2D eigenvalue weighted by molar-refractivity contribution is 8.14. The van der Waals surface area contributed by atoms with Gasteiger partial charge in [0.05, 0.1) is 11.2 Å². The van der Waals surface area contributed by atoms with E-state index < -0.39 is 41.2 Å². The number of ether oxygens (including phenoxy) is 2. The molecule has 2 atom stereocenters. The summed E-state index contributed by atoms with van der Waals surface area (Å²) >= 11 is 0.566. The van der Waals surface area contributed by atoms with Crippen molar-refractivity contribution in [3.63, 3.8) is 0 Å². The SMILES string of the molecule is CC(C)C(=O)O[C@@H](C)OC(=O)SC(C)C(=O)NCC(=O)O. The van der Waals surface area contributed by atoms with Gasteiger partial charge in [-0.15, -0.1) is 0 Å². The second-order valence-corrected chi connectivity index (χ2v) is 5.67. The number of esters is 1. The molecule has 0 aliphatic rings. The predicted molar refractivity (Wildman–Crippen MR) is 74.6 cm³/mol. The lowest BCUT2D eigenvalue weighted by Crippen LogP contribution is -2.35. The number of carboxylic acids is 1. The van der Waals surface area contributed by atoms with Gasteiger partial charge in [-0.2, -0.15) is 0 Å². The molecule has 1 amide bonds. The normalized spacial score (nSPS) is 13.2. The first-order valence-corrected chi connectivity index (χ1v) is 7.08. The van der Waals surface area contributed by atoms with Crippen molar-refractivity contribution in [2.75, 3.05) is 6.54 Å². The van der Waals surface area contributed by atoms with E-state index in [4.69, 9.17) is 14.6 Å². The van der Waals surface area contributed by atoms with Crippen LogP contribution in [0.25, 0.3) is 0 Å². The van der Waals surface area contributed by atoms with Crippen LogP contribution in [0.4, 0.5) is 4.79 Å². The highest BCUT2D eigenvalue weighted by Crippen LogP contribution is 2.16. The monoisotopic (exact) mass is 321 g/mol. The fraction of sp³-hybridized carbons (Fsp3) is 0.667. The summed E-state index contributed by atoms with van der Waals surface area (Å²) in [6.07, 6.45) is -1.06. The van der Waals surface area contributed by atoms with Crippen molar-refractivity contribution in [1.82, 2.24) is 5.32 Å². The maximum Gasteiger partial charge on any atom is 0.371 e. The lowest BCUT2D eigenvalue weighted by atomic mass is 10.2. The maximum atomic E-state index is 11.5. The minimum absolute atomic E-state index is 0.348. The molecule has 0 fully saturated rings. The summed E-state index contributed by atoms with van der Waals surface area (Å²) in [6, 6.07) is 0. The molecule has 0 spiro atoms. The van der Waals surface area contributed by atoms with Gasteiger partial charge in [0, 0.05) is 6.92 Å². The Labute approximate surface area is 126 Å². The summed E-state index contributed by atoms with van der Waals surface area (Å²) in [6.45, 7) is 5.56. The number of thioether (sulfide) groups is 1. The van der Waals surface area contributed by atoms with Gasteiger partial charge in [-0.3, -0.25) is 14.4 Å². The molecule has 0 radical (unpaired) electrons. The highest BCUT2D eigenvalue weighted by atomic mass is 32.2. The first kappa shape index (κ1) is 19.2. The lowest BCUT2D eigenvalue weighted by Gasteiger charge is -2.16. The Hall–Kier alpha value is -1.77. The molecule has 8 nitrogen and oxygen atoms in total. The van der Waals surface area contributed by atoms with Crippen molar-refractivity contribution in [2.45, 2.75) is 39.2 Å². The van der Waals surface area contributed by atoms with Crippen LogP contribution in [0.5, 0.6) is 0 Å². The number of hydrogen-bond donors (Lipinski definition) is 2. The third-order valence-corrected chi connectivity index (χ3v) is 2.93. The molecule has 0 heterocycles. The average molecular weight is 321 g/mol. The Bertz CT molecular complexity index is 410. The number of carbonyl (C=O) groups is 4. The number of carboxylic acid groups (broad SMARTS) is 1. The molecule has 1 unspecified atom stereocenters. The van der Waals surface area contributed by atoms with E-state index in [1.165, 1.54) is 13.8 Å². The largest absolute Gasteiger partial charge is 0.480 e. The van der Waals surface area contributed by atoms with Gasteiger partial charge in [0.15, 0.2) is 0 Å². The second kappa shape index (κ2) is 9.22. The summed E-state index contributed by atoms with van der Waals surface area (Å²) in [7, 11) is 0. The number of aliphatic carboxylic acids is 1. The summed E-state index contributed by atoms with van der Waals surface area (Å²) in [4.78, 5) is 44.5. The van der Waals surface area contributed by atoms with E-state index in [-0.39, 0.29) is 5.92 Å². The maximum absolute atomic E-state index is 11.5. The van der Waals surface area contributed by atoms with E-state index in [1.807, 2.05) is 0 Å². The van der Waals surface area contributed by atoms with Gasteiger partial charge < -0.3 is 19.9 Å². The number of rotatable bonds is 7. The molecule has 0 rings (SSSR count). The van der Waals surface area contributed by atoms with Crippen LogP contribution in [0.15, 0.2) is 0 Å². The van der Waals surface area contributed by atoms with Crippen molar-refractivity contribution in [3.8, 4) is 0 Å². The number of nitrogens with one attached hydrogen (secondary N) is 1. The number of amides is 1. The molecule has 0 aliphatic carbocycles. The molecular formula is C12H19NO7S. The van der Waals surface area contributed by atoms with Crippen molar-refractivity contribution < 1.29 is 33.8 Å². The van der Waals surface area contributed by atoms with Gasteiger partial charge in [-0.05, 0) is 18.7 Å². The van der Waals surface area contributed by atoms with Crippen LogP contribution in [-0.4, -0.2) is 46.3 Å². The topological polar surface area (TPSA) is 119 Å². The van der Waals surface area contributed by atoms with Gasteiger partial charge in [0.1, 0.15) is 6.54 Å². The van der Waals surface area contributed by atoms with Gasteiger partial charge in [-0.1, -0.05) is 13.8 Å². The van der Waals surface area contributed by atoms with Gasteiger partial charge in [0.2, 0.25) is 12.2 Å². The molecule has 9 heteroatoms. The molecule has 120 valence electrons. The van der Waals surface area contributed by atoms with E-state index in [9.17, 15) is 19.2 Å². The third-order valence-electron chi connectivity index (χ3n) is 2.07. The molecule has 0 bridgehead atoms. The van der Waals surface area contributed by atoms with Crippen LogP contribution in [0.1, 0.15) is 27.7 Å². The summed E-state index contributed by atoms with van der Waals surface area (Å²) in [5.41, 5.74) is 0. The minimum Gasteiger partial charge on any atom is -0.480 e. The van der Waals surface area contributed by atoms with Crippen molar-refractivity contribution >= 4 is 34.9 Å². The van der Waals surface area contributed by atoms with Crippen molar-refractivity contribution in [3.05, 3.63) is 0 Å². The molecule has 0 aromatic carbocycles. The van der Waals surface area contributed by atoms with Crippen molar-refractivity contribution in [2.24, 2.45) is 5.92 Å². The van der Waals surface area contributed by atoms with Crippen LogP contribution in [0.3, 0.4) is 0 Å². The fourth-order valence-corrected chi connectivity index (χ4v) is 1.66. The zero-order chi connectivity index (χ0) is 16.6. The molecular weight excluding hydrogens is 302 g/mol. The van der Waals surface area contributed by atoms with E-state index in [0.29, 0.717) is 11.8 Å². The number of carbonyl (C=O) groups excluding carboxylic acids is 3. The second-order valence-electron chi connectivity index (χ2n) is 4.40. The van der Waals surface area contributed by atoms with E-state index in [2.05, 4.69) is 5.32 Å². The van der Waals surface area contributed by atoms with Crippen LogP contribution < -0.4 is 5.32 Å². The van der Waals surface area contributed by atoms with Gasteiger partial charge >= 0.3 is 17.2 Å². The zero-order valence-corrected chi connectivity index (χ0v) is 13.1. The third kappa shape index (κ3) is 8.90. The molecule has 2 N–H and O–H groups in total. The quantitative estimate of drug-likeness (QED) is 0.526. The lowest BCUT2D eigenvalue weighted by molar-refractivity contribution is -0.167. The Balaban J connectivity index is 4.15. The van der Waals surface area contributed by atoms with Crippen LogP contribution >= 0.6 is 11.8 Å². The molecule has 0 aromatic rings. The fourth-order valence-electron chi connectivity index (χ4n) is 0.991. The smallest absolute Gasteiger partial charge is 0.371 e. The van der Waals surface area contributed by atoms with Gasteiger partial charge in [-0.25, -0.2) is 4.79 Å². The van der Waals surface area contributed by atoms with Gasteiger partial charge in [0.25, 0.3) is 0 Å². The summed E-state index contributed by atoms with van der Waals surface area (Å²) in [5, 5.41) is 8.92. The molecule has 0 aliphatic heterocycles. The molecule has 0 aromatic heterocycles. The Morgan fingerprint density at radius 1 is 1.10 bits per heavy atom. The first-order valence-electron chi connectivity index (χ1n) is 6.20. The Morgan fingerprint density at radius 3 is 2.14 bits per heavy atom. The molecule has 0 saturated heterocycles. The van der Waals surface area contributed by atoms with Crippen LogP contribution in [0.2, 0.25) is 0 Å². The highest BCUT2D eigenvalue weighted by Gasteiger charge is 2.22. The van der Waals surface area contributed by atoms with Crippen molar-refractivity contribution in [1.29, 1.82) is 0 Å². The average Bonchev–Trinajstić information content (AvgIpc) is 2.34. The Morgan fingerprint density at radius 2 is 1.67 bits per heavy atom. The zero-order valence-electron chi connectivity index (χ0n) is 12.2. The van der Waals surface area contributed by atoms with E-state index in [1.54, 1.807) is 13.8 Å². The molecule has 0 saturated carbocycles. The predicted octanol–water partition coefficient (Wildman–Crippen LogP) is 0.991. The number of hydrogen-bond acceptors (Lipinski definition) is 7. The van der Waals surface area contributed by atoms with E-state index in [0.717, 1.165) is 0 Å².